The molecule has 0 amide bonds. The van der Waals surface area contributed by atoms with Crippen LogP contribution in [-0.4, -0.2) is 11.6 Å². The SMILES string of the molecule is CC12CCC(C(=Cc3ccc(CC4C(=O)C5(C)CCC4C5(C)C)cc3)C1=O)C2(C)C. The zero-order valence-corrected chi connectivity index (χ0v) is 19.5. The van der Waals surface area contributed by atoms with E-state index in [1.165, 1.54) is 12.0 Å². The summed E-state index contributed by atoms with van der Waals surface area (Å²) in [6.45, 7) is 13.5. The maximum absolute atomic E-state index is 13.2. The molecule has 5 rings (SSSR count). The molecule has 160 valence electrons. The predicted octanol–water partition coefficient (Wildman–Crippen LogP) is 6.28. The van der Waals surface area contributed by atoms with Crippen LogP contribution in [0, 0.1) is 39.4 Å². The van der Waals surface area contributed by atoms with Crippen LogP contribution < -0.4 is 0 Å². The van der Waals surface area contributed by atoms with Gasteiger partial charge >= 0.3 is 0 Å². The first-order chi connectivity index (χ1) is 13.9. The highest BCUT2D eigenvalue weighted by Crippen LogP contribution is 2.67. The Bertz CT molecular complexity index is 963. The molecule has 0 saturated heterocycles. The van der Waals surface area contributed by atoms with Crippen molar-refractivity contribution in [1.29, 1.82) is 0 Å². The lowest BCUT2D eigenvalue weighted by Gasteiger charge is -2.32. The molecule has 0 aliphatic heterocycles. The van der Waals surface area contributed by atoms with Gasteiger partial charge in [-0.05, 0) is 77.5 Å². The van der Waals surface area contributed by atoms with Gasteiger partial charge in [0.1, 0.15) is 5.78 Å². The molecule has 4 saturated carbocycles. The summed E-state index contributed by atoms with van der Waals surface area (Å²) in [5.41, 5.74) is 3.21. The van der Waals surface area contributed by atoms with Gasteiger partial charge in [-0.3, -0.25) is 9.59 Å². The van der Waals surface area contributed by atoms with E-state index in [-0.39, 0.29) is 27.6 Å². The zero-order valence-electron chi connectivity index (χ0n) is 19.5. The van der Waals surface area contributed by atoms with Crippen LogP contribution in [0.4, 0.5) is 0 Å². The van der Waals surface area contributed by atoms with E-state index in [4.69, 9.17) is 0 Å². The normalized spacial score (nSPS) is 41.9. The van der Waals surface area contributed by atoms with E-state index >= 15 is 0 Å². The first-order valence-corrected chi connectivity index (χ1v) is 11.8. The third kappa shape index (κ3) is 2.26. The van der Waals surface area contributed by atoms with Crippen molar-refractivity contribution in [1.82, 2.24) is 0 Å². The number of carbonyl (C=O) groups excluding carboxylic acids is 2. The highest BCUT2D eigenvalue weighted by molar-refractivity contribution is 6.07. The van der Waals surface area contributed by atoms with Crippen molar-refractivity contribution in [3.63, 3.8) is 0 Å². The summed E-state index contributed by atoms with van der Waals surface area (Å²) < 4.78 is 0. The third-order valence-corrected chi connectivity index (χ3v) is 10.8. The van der Waals surface area contributed by atoms with Gasteiger partial charge in [0.15, 0.2) is 5.78 Å². The molecular formula is C28H36O2. The van der Waals surface area contributed by atoms with E-state index in [9.17, 15) is 9.59 Å². The molecule has 2 nitrogen and oxygen atoms in total. The van der Waals surface area contributed by atoms with Gasteiger partial charge in [-0.2, -0.15) is 0 Å². The second-order valence-corrected chi connectivity index (χ2v) is 12.2. The van der Waals surface area contributed by atoms with Gasteiger partial charge in [0.25, 0.3) is 0 Å². The number of allylic oxidation sites excluding steroid dienone is 1. The molecule has 4 aliphatic carbocycles. The van der Waals surface area contributed by atoms with Crippen molar-refractivity contribution in [3.05, 3.63) is 41.0 Å². The fourth-order valence-electron chi connectivity index (χ4n) is 7.79. The Morgan fingerprint density at radius 1 is 0.867 bits per heavy atom. The predicted molar refractivity (Wildman–Crippen MR) is 121 cm³/mol. The Balaban J connectivity index is 1.36. The van der Waals surface area contributed by atoms with Crippen molar-refractivity contribution in [3.8, 4) is 0 Å². The van der Waals surface area contributed by atoms with E-state index in [2.05, 4.69) is 71.9 Å². The lowest BCUT2D eigenvalue weighted by molar-refractivity contribution is -0.131. The third-order valence-electron chi connectivity index (χ3n) is 10.8. The Hall–Kier alpha value is -1.70. The van der Waals surface area contributed by atoms with Crippen LogP contribution in [0.5, 0.6) is 0 Å². The molecule has 5 atom stereocenters. The number of carbonyl (C=O) groups is 2. The van der Waals surface area contributed by atoms with Crippen molar-refractivity contribution in [2.75, 3.05) is 0 Å². The van der Waals surface area contributed by atoms with Crippen molar-refractivity contribution in [2.45, 2.75) is 73.6 Å². The van der Waals surface area contributed by atoms with Gasteiger partial charge in [-0.25, -0.2) is 0 Å². The minimum atomic E-state index is -0.200. The van der Waals surface area contributed by atoms with E-state index in [1.807, 2.05) is 0 Å². The summed E-state index contributed by atoms with van der Waals surface area (Å²) in [5, 5.41) is 0. The fraction of sp³-hybridized carbons (Fsp3) is 0.643. The summed E-state index contributed by atoms with van der Waals surface area (Å²) in [7, 11) is 0. The lowest BCUT2D eigenvalue weighted by atomic mass is 9.70. The van der Waals surface area contributed by atoms with Crippen molar-refractivity contribution in [2.24, 2.45) is 39.4 Å². The van der Waals surface area contributed by atoms with Gasteiger partial charge in [0.05, 0.1) is 0 Å². The first kappa shape index (κ1) is 20.2. The quantitative estimate of drug-likeness (QED) is 0.556. The minimum Gasteiger partial charge on any atom is -0.299 e. The molecule has 0 radical (unpaired) electrons. The maximum atomic E-state index is 13.2. The summed E-state index contributed by atoms with van der Waals surface area (Å²) in [4.78, 5) is 26.3. The standard InChI is InChI=1S/C28H36O2/c1-25(2)21-11-13-27(25,5)23(29)19(21)15-17-7-9-18(10-8-17)16-20-22-12-14-28(6,24(20)30)26(22,3)4/h7-10,15,20-22H,11-14,16H2,1-6H3. The van der Waals surface area contributed by atoms with Crippen LogP contribution in [0.3, 0.4) is 0 Å². The topological polar surface area (TPSA) is 34.1 Å². The lowest BCUT2D eigenvalue weighted by Crippen LogP contribution is -2.33. The Morgan fingerprint density at radius 2 is 1.50 bits per heavy atom. The summed E-state index contributed by atoms with van der Waals surface area (Å²) in [6, 6.07) is 8.63. The Kier molecular flexibility index (Phi) is 4.01. The number of hydrogen-bond acceptors (Lipinski definition) is 2. The highest BCUT2D eigenvalue weighted by Gasteiger charge is 2.66. The van der Waals surface area contributed by atoms with Crippen LogP contribution in [0.15, 0.2) is 29.8 Å². The molecule has 2 heteroatoms. The highest BCUT2D eigenvalue weighted by atomic mass is 16.1. The van der Waals surface area contributed by atoms with Crippen molar-refractivity contribution >= 4 is 17.6 Å². The molecule has 4 aliphatic rings. The molecule has 1 aromatic carbocycles. The smallest absolute Gasteiger partial charge is 0.165 e. The first-order valence-electron chi connectivity index (χ1n) is 11.8. The average Bonchev–Trinajstić information content (AvgIpc) is 3.17. The molecule has 30 heavy (non-hydrogen) atoms. The zero-order chi connectivity index (χ0) is 21.7. The number of rotatable bonds is 3. The van der Waals surface area contributed by atoms with Crippen LogP contribution in [-0.2, 0) is 16.0 Å². The molecule has 0 N–H and O–H groups in total. The summed E-state index contributed by atoms with van der Waals surface area (Å²) >= 11 is 0. The number of ketones is 2. The molecule has 4 fully saturated rings. The average molecular weight is 405 g/mol. The molecule has 5 unspecified atom stereocenters. The minimum absolute atomic E-state index is 0.0565. The molecular weight excluding hydrogens is 368 g/mol. The molecule has 4 bridgehead atoms. The maximum Gasteiger partial charge on any atom is 0.165 e. The number of benzene rings is 1. The summed E-state index contributed by atoms with van der Waals surface area (Å²) in [6.07, 6.45) is 7.37. The Labute approximate surface area is 181 Å². The van der Waals surface area contributed by atoms with E-state index in [0.717, 1.165) is 36.8 Å². The van der Waals surface area contributed by atoms with Gasteiger partial charge in [-0.1, -0.05) is 65.8 Å². The van der Waals surface area contributed by atoms with Crippen LogP contribution >= 0.6 is 0 Å². The van der Waals surface area contributed by atoms with E-state index in [0.29, 0.717) is 23.4 Å². The van der Waals surface area contributed by atoms with Gasteiger partial charge in [0, 0.05) is 16.7 Å². The molecule has 1 aromatic rings. The second-order valence-electron chi connectivity index (χ2n) is 12.2. The number of fused-ring (bicyclic) bond motifs is 4. The van der Waals surface area contributed by atoms with Crippen LogP contribution in [0.2, 0.25) is 0 Å². The van der Waals surface area contributed by atoms with E-state index in [1.54, 1.807) is 0 Å². The number of hydrogen-bond donors (Lipinski definition) is 0. The van der Waals surface area contributed by atoms with Crippen LogP contribution in [0.25, 0.3) is 6.08 Å². The molecule has 0 aromatic heterocycles. The van der Waals surface area contributed by atoms with Gasteiger partial charge in [-0.15, -0.1) is 0 Å². The fourth-order valence-corrected chi connectivity index (χ4v) is 7.79. The second kappa shape index (κ2) is 5.96. The van der Waals surface area contributed by atoms with Crippen molar-refractivity contribution < 1.29 is 9.59 Å². The summed E-state index contributed by atoms with van der Waals surface area (Å²) in [5.74, 6) is 1.89. The largest absolute Gasteiger partial charge is 0.299 e. The van der Waals surface area contributed by atoms with E-state index < -0.39 is 0 Å². The molecule has 0 spiro atoms. The van der Waals surface area contributed by atoms with Gasteiger partial charge in [0.2, 0.25) is 0 Å². The Morgan fingerprint density at radius 3 is 2.03 bits per heavy atom. The molecule has 0 heterocycles. The number of Topliss-reactive ketones (excluding diaryl/α,β-unsaturated/α-hetero) is 2. The van der Waals surface area contributed by atoms with Gasteiger partial charge < -0.3 is 0 Å². The monoisotopic (exact) mass is 404 g/mol. The van der Waals surface area contributed by atoms with Crippen LogP contribution in [0.1, 0.15) is 78.4 Å².